The van der Waals surface area contributed by atoms with Gasteiger partial charge in [0.1, 0.15) is 22.3 Å². The van der Waals surface area contributed by atoms with Crippen molar-refractivity contribution in [2.45, 2.75) is 25.8 Å². The number of aryl methyl sites for hydroxylation is 1. The van der Waals surface area contributed by atoms with E-state index in [1.807, 2.05) is 42.6 Å². The molecule has 0 aromatic carbocycles. The normalized spacial score (nSPS) is 16.3. The Morgan fingerprint density at radius 2 is 2.10 bits per heavy atom. The summed E-state index contributed by atoms with van der Waals surface area (Å²) in [6.45, 7) is 2.83. The van der Waals surface area contributed by atoms with Crippen LogP contribution in [0.15, 0.2) is 52.6 Å². The SMILES string of the molecule is Cc1cc(Nc2ccccn2)nc(N2CCCC2c2cc(-c3nccs3)no2)n1. The van der Waals surface area contributed by atoms with Gasteiger partial charge in [0.15, 0.2) is 5.76 Å². The van der Waals surface area contributed by atoms with Crippen LogP contribution in [0.25, 0.3) is 10.7 Å². The van der Waals surface area contributed by atoms with E-state index in [0.29, 0.717) is 5.95 Å². The molecule has 0 radical (unpaired) electrons. The van der Waals surface area contributed by atoms with E-state index in [1.165, 1.54) is 0 Å². The first-order chi connectivity index (χ1) is 14.3. The summed E-state index contributed by atoms with van der Waals surface area (Å²) in [6, 6.07) is 9.67. The third-order valence-corrected chi connectivity index (χ3v) is 5.58. The summed E-state index contributed by atoms with van der Waals surface area (Å²) in [5.41, 5.74) is 1.66. The minimum Gasteiger partial charge on any atom is -0.358 e. The van der Waals surface area contributed by atoms with Crippen molar-refractivity contribution < 1.29 is 4.52 Å². The van der Waals surface area contributed by atoms with Crippen molar-refractivity contribution in [2.75, 3.05) is 16.8 Å². The lowest BCUT2D eigenvalue weighted by atomic mass is 10.1. The van der Waals surface area contributed by atoms with Crippen molar-refractivity contribution in [1.29, 1.82) is 0 Å². The van der Waals surface area contributed by atoms with E-state index in [9.17, 15) is 0 Å². The first kappa shape index (κ1) is 17.7. The van der Waals surface area contributed by atoms with E-state index >= 15 is 0 Å². The molecule has 1 saturated heterocycles. The van der Waals surface area contributed by atoms with Crippen LogP contribution in [0.3, 0.4) is 0 Å². The van der Waals surface area contributed by atoms with Crippen LogP contribution < -0.4 is 10.2 Å². The fraction of sp³-hybridized carbons (Fsp3) is 0.250. The molecule has 1 fully saturated rings. The van der Waals surface area contributed by atoms with Crippen LogP contribution in [0.4, 0.5) is 17.6 Å². The second-order valence-electron chi connectivity index (χ2n) is 6.84. The quantitative estimate of drug-likeness (QED) is 0.523. The smallest absolute Gasteiger partial charge is 0.228 e. The molecule has 1 N–H and O–H groups in total. The Hall–Kier alpha value is -3.33. The molecule has 0 spiro atoms. The molecule has 1 aliphatic rings. The lowest BCUT2D eigenvalue weighted by Gasteiger charge is -2.23. The van der Waals surface area contributed by atoms with Gasteiger partial charge in [0.25, 0.3) is 0 Å². The highest BCUT2D eigenvalue weighted by Gasteiger charge is 2.32. The van der Waals surface area contributed by atoms with Crippen LogP contribution in [-0.4, -0.2) is 31.6 Å². The number of thiazole rings is 1. The Labute approximate surface area is 171 Å². The Morgan fingerprint density at radius 1 is 1.14 bits per heavy atom. The molecule has 0 aliphatic carbocycles. The van der Waals surface area contributed by atoms with E-state index in [0.717, 1.165) is 53.2 Å². The summed E-state index contributed by atoms with van der Waals surface area (Å²) in [5, 5.41) is 10.3. The van der Waals surface area contributed by atoms with Gasteiger partial charge in [0.05, 0.1) is 6.04 Å². The number of pyridine rings is 1. The topological polar surface area (TPSA) is 92.9 Å². The number of anilines is 3. The van der Waals surface area contributed by atoms with Crippen LogP contribution in [-0.2, 0) is 0 Å². The Morgan fingerprint density at radius 3 is 2.93 bits per heavy atom. The van der Waals surface area contributed by atoms with Crippen LogP contribution in [0.1, 0.15) is 30.3 Å². The summed E-state index contributed by atoms with van der Waals surface area (Å²) in [4.78, 5) is 20.2. The zero-order chi connectivity index (χ0) is 19.6. The number of rotatable bonds is 5. The number of hydrogen-bond donors (Lipinski definition) is 1. The first-order valence-corrected chi connectivity index (χ1v) is 10.3. The van der Waals surface area contributed by atoms with Gasteiger partial charge in [-0.15, -0.1) is 11.3 Å². The van der Waals surface area contributed by atoms with Crippen molar-refractivity contribution in [2.24, 2.45) is 0 Å². The van der Waals surface area contributed by atoms with Crippen LogP contribution in [0.2, 0.25) is 0 Å². The molecule has 29 heavy (non-hydrogen) atoms. The highest BCUT2D eigenvalue weighted by Crippen LogP contribution is 2.36. The monoisotopic (exact) mass is 405 g/mol. The standard InChI is InChI=1S/C20H19N7OS/c1-13-11-18(24-17-6-2-3-7-21-17)25-20(23-13)27-9-4-5-15(27)16-12-14(26-28-16)19-22-8-10-29-19/h2-3,6-8,10-12,15H,4-5,9H2,1H3,(H,21,23,24,25). The second-order valence-corrected chi connectivity index (χ2v) is 7.73. The largest absolute Gasteiger partial charge is 0.358 e. The predicted octanol–water partition coefficient (Wildman–Crippen LogP) is 4.38. The van der Waals surface area contributed by atoms with E-state index in [4.69, 9.17) is 9.51 Å². The van der Waals surface area contributed by atoms with Gasteiger partial charge in [-0.3, -0.25) is 0 Å². The van der Waals surface area contributed by atoms with Gasteiger partial charge in [-0.1, -0.05) is 11.2 Å². The second kappa shape index (κ2) is 7.59. The minimum absolute atomic E-state index is 0.0562. The molecule has 1 aliphatic heterocycles. The molecule has 1 atom stereocenters. The minimum atomic E-state index is 0.0562. The lowest BCUT2D eigenvalue weighted by Crippen LogP contribution is -2.25. The molecular formula is C20H19N7OS. The van der Waals surface area contributed by atoms with Gasteiger partial charge in [-0.05, 0) is 31.9 Å². The fourth-order valence-electron chi connectivity index (χ4n) is 3.51. The summed E-state index contributed by atoms with van der Waals surface area (Å²) in [6.07, 6.45) is 5.52. The van der Waals surface area contributed by atoms with Crippen molar-refractivity contribution >= 4 is 28.9 Å². The molecular weight excluding hydrogens is 386 g/mol. The predicted molar refractivity (Wildman–Crippen MR) is 111 cm³/mol. The van der Waals surface area contributed by atoms with Gasteiger partial charge in [-0.2, -0.15) is 4.98 Å². The number of aromatic nitrogens is 5. The maximum Gasteiger partial charge on any atom is 0.228 e. The Balaban J connectivity index is 1.42. The highest BCUT2D eigenvalue weighted by molar-refractivity contribution is 7.13. The summed E-state index contributed by atoms with van der Waals surface area (Å²) >= 11 is 1.55. The van der Waals surface area contributed by atoms with Crippen LogP contribution in [0.5, 0.6) is 0 Å². The average Bonchev–Trinajstić information content (AvgIpc) is 3.48. The molecule has 0 bridgehead atoms. The fourth-order valence-corrected chi connectivity index (χ4v) is 4.10. The van der Waals surface area contributed by atoms with E-state index in [2.05, 4.69) is 30.3 Å². The molecule has 4 aromatic rings. The van der Waals surface area contributed by atoms with Gasteiger partial charge < -0.3 is 14.7 Å². The lowest BCUT2D eigenvalue weighted by molar-refractivity contribution is 0.362. The molecule has 1 unspecified atom stereocenters. The van der Waals surface area contributed by atoms with Crippen molar-refractivity contribution in [3.05, 3.63) is 59.6 Å². The van der Waals surface area contributed by atoms with E-state index in [1.54, 1.807) is 23.7 Å². The van der Waals surface area contributed by atoms with Crippen molar-refractivity contribution in [3.63, 3.8) is 0 Å². The van der Waals surface area contributed by atoms with Gasteiger partial charge in [0.2, 0.25) is 5.95 Å². The third-order valence-electron chi connectivity index (χ3n) is 4.78. The first-order valence-electron chi connectivity index (χ1n) is 9.43. The molecule has 5 heterocycles. The maximum atomic E-state index is 5.67. The van der Waals surface area contributed by atoms with Crippen LogP contribution in [0, 0.1) is 6.92 Å². The van der Waals surface area contributed by atoms with E-state index < -0.39 is 0 Å². The van der Waals surface area contributed by atoms with Crippen molar-refractivity contribution in [1.82, 2.24) is 25.1 Å². The summed E-state index contributed by atoms with van der Waals surface area (Å²) < 4.78 is 5.67. The number of nitrogens with one attached hydrogen (secondary N) is 1. The maximum absolute atomic E-state index is 5.67. The molecule has 8 nitrogen and oxygen atoms in total. The highest BCUT2D eigenvalue weighted by atomic mass is 32.1. The molecule has 9 heteroatoms. The number of hydrogen-bond acceptors (Lipinski definition) is 9. The molecule has 0 amide bonds. The van der Waals surface area contributed by atoms with Crippen molar-refractivity contribution in [3.8, 4) is 10.7 Å². The summed E-state index contributed by atoms with van der Waals surface area (Å²) in [5.74, 6) is 2.96. The summed E-state index contributed by atoms with van der Waals surface area (Å²) in [7, 11) is 0. The van der Waals surface area contributed by atoms with Gasteiger partial charge in [0, 0.05) is 42.1 Å². The molecule has 5 rings (SSSR count). The number of nitrogens with zero attached hydrogens (tertiary/aromatic N) is 6. The molecule has 0 saturated carbocycles. The van der Waals surface area contributed by atoms with Gasteiger partial charge >= 0.3 is 0 Å². The Bertz CT molecular complexity index is 1100. The molecule has 4 aromatic heterocycles. The Kier molecular flexibility index (Phi) is 4.65. The van der Waals surface area contributed by atoms with Gasteiger partial charge in [-0.25, -0.2) is 15.0 Å². The average molecular weight is 405 g/mol. The zero-order valence-corrected chi connectivity index (χ0v) is 16.6. The third kappa shape index (κ3) is 3.68. The van der Waals surface area contributed by atoms with Crippen LogP contribution >= 0.6 is 11.3 Å². The van der Waals surface area contributed by atoms with E-state index in [-0.39, 0.29) is 6.04 Å². The molecule has 146 valence electrons. The zero-order valence-electron chi connectivity index (χ0n) is 15.8.